The summed E-state index contributed by atoms with van der Waals surface area (Å²) >= 11 is 7.74. The normalized spacial score (nSPS) is 21.9. The third-order valence-electron chi connectivity index (χ3n) is 7.84. The number of anilines is 2. The summed E-state index contributed by atoms with van der Waals surface area (Å²) < 4.78 is 42.7. The Morgan fingerprint density at radius 2 is 1.92 bits per heavy atom. The quantitative estimate of drug-likeness (QED) is 0.344. The number of benzene rings is 2. The lowest BCUT2D eigenvalue weighted by atomic mass is 10.0. The van der Waals surface area contributed by atoms with Crippen molar-refractivity contribution in [3.8, 4) is 17.1 Å². The Morgan fingerprint density at radius 3 is 2.63 bits per heavy atom. The van der Waals surface area contributed by atoms with E-state index in [1.807, 2.05) is 0 Å². The van der Waals surface area contributed by atoms with Crippen LogP contribution in [0.25, 0.3) is 32.2 Å². The number of hydrogen-bond donors (Lipinski definition) is 2. The van der Waals surface area contributed by atoms with Crippen LogP contribution < -0.4 is 20.7 Å². The molecule has 8 nitrogen and oxygen atoms in total. The van der Waals surface area contributed by atoms with Gasteiger partial charge in [0.25, 0.3) is 0 Å². The fourth-order valence-corrected chi connectivity index (χ4v) is 6.68. The van der Waals surface area contributed by atoms with Gasteiger partial charge in [-0.1, -0.05) is 22.9 Å². The van der Waals surface area contributed by atoms with Crippen LogP contribution in [0.4, 0.5) is 19.7 Å². The molecule has 0 amide bonds. The predicted molar refractivity (Wildman–Crippen MR) is 144 cm³/mol. The summed E-state index contributed by atoms with van der Waals surface area (Å²) in [6.45, 7) is 1.75. The van der Waals surface area contributed by atoms with Crippen LogP contribution >= 0.6 is 22.9 Å². The number of ether oxygens (including phenoxy) is 2. The molecule has 1 aliphatic carbocycles. The van der Waals surface area contributed by atoms with Gasteiger partial charge in [-0.2, -0.15) is 9.97 Å². The van der Waals surface area contributed by atoms with Crippen LogP contribution in [0.2, 0.25) is 5.02 Å². The van der Waals surface area contributed by atoms with Crippen LogP contribution in [0.3, 0.4) is 0 Å². The molecule has 4 aromatic rings. The lowest BCUT2D eigenvalue weighted by Gasteiger charge is -2.34. The number of aromatic nitrogens is 3. The predicted octanol–water partition coefficient (Wildman–Crippen LogP) is 4.92. The van der Waals surface area contributed by atoms with Crippen molar-refractivity contribution in [2.24, 2.45) is 0 Å². The van der Waals surface area contributed by atoms with E-state index in [9.17, 15) is 4.39 Å². The number of thiazole rings is 1. The minimum atomic E-state index is -0.647. The van der Waals surface area contributed by atoms with E-state index in [-0.39, 0.29) is 49.7 Å². The van der Waals surface area contributed by atoms with Gasteiger partial charge in [0.05, 0.1) is 15.2 Å². The molecule has 4 heterocycles. The Balaban J connectivity index is 1.40. The lowest BCUT2D eigenvalue weighted by molar-refractivity contribution is 0.0340. The standard InChI is InChI=1S/C26H25ClF2N6O2S/c1-36-26(6-7-26)11-37-25-33-20-15(23(34-25)35-9-12-2-3-13(10-35)31-12)8-16(27)18(19(20)29)14-4-5-17(28)22-21(14)32-24(30)38-22/h4-5,8,12-13,31H,2-3,6-7,9-11H2,1H3,(H2,30,32). The highest BCUT2D eigenvalue weighted by molar-refractivity contribution is 7.22. The van der Waals surface area contributed by atoms with E-state index in [1.165, 1.54) is 12.1 Å². The topological polar surface area (TPSA) is 98.4 Å². The van der Waals surface area contributed by atoms with Crippen molar-refractivity contribution in [1.29, 1.82) is 0 Å². The highest BCUT2D eigenvalue weighted by Gasteiger charge is 2.44. The summed E-state index contributed by atoms with van der Waals surface area (Å²) in [5, 5.41) is 4.44. The summed E-state index contributed by atoms with van der Waals surface area (Å²) in [5.41, 5.74) is 6.29. The summed E-state index contributed by atoms with van der Waals surface area (Å²) in [6, 6.07) is 5.18. The van der Waals surface area contributed by atoms with Crippen molar-refractivity contribution >= 4 is 55.0 Å². The van der Waals surface area contributed by atoms with Gasteiger partial charge in [0.15, 0.2) is 10.9 Å². The monoisotopic (exact) mass is 558 g/mol. The van der Waals surface area contributed by atoms with Crippen LogP contribution in [0.15, 0.2) is 18.2 Å². The third-order valence-corrected chi connectivity index (χ3v) is 9.04. The number of nitrogens with zero attached hydrogens (tertiary/aromatic N) is 4. The van der Waals surface area contributed by atoms with E-state index in [4.69, 9.17) is 31.8 Å². The van der Waals surface area contributed by atoms with E-state index in [0.717, 1.165) is 50.1 Å². The first-order valence-corrected chi connectivity index (χ1v) is 13.8. The maximum atomic E-state index is 16.5. The van der Waals surface area contributed by atoms with Gasteiger partial charge in [0, 0.05) is 48.8 Å². The molecule has 2 aliphatic heterocycles. The number of halogens is 3. The molecule has 198 valence electrons. The minimum Gasteiger partial charge on any atom is -0.460 e. The van der Waals surface area contributed by atoms with Gasteiger partial charge in [0.1, 0.15) is 29.4 Å². The van der Waals surface area contributed by atoms with Crippen LogP contribution in [-0.4, -0.2) is 59.4 Å². The Kier molecular flexibility index (Phi) is 5.63. The van der Waals surface area contributed by atoms with Crippen LogP contribution in [0, 0.1) is 11.6 Å². The first kappa shape index (κ1) is 24.2. The minimum absolute atomic E-state index is 0.0797. The number of rotatable bonds is 6. The number of piperazine rings is 1. The third kappa shape index (κ3) is 3.95. The van der Waals surface area contributed by atoms with Crippen LogP contribution in [-0.2, 0) is 4.74 Å². The van der Waals surface area contributed by atoms with E-state index < -0.39 is 11.6 Å². The van der Waals surface area contributed by atoms with Crippen molar-refractivity contribution in [3.63, 3.8) is 0 Å². The zero-order chi connectivity index (χ0) is 26.2. The highest BCUT2D eigenvalue weighted by Crippen LogP contribution is 2.43. The number of hydrogen-bond acceptors (Lipinski definition) is 9. The zero-order valence-electron chi connectivity index (χ0n) is 20.6. The molecule has 2 atom stereocenters. The van der Waals surface area contributed by atoms with Crippen LogP contribution in [0.1, 0.15) is 25.7 Å². The van der Waals surface area contributed by atoms with Gasteiger partial charge in [-0.15, -0.1) is 0 Å². The Bertz CT molecular complexity index is 1580. The fourth-order valence-electron chi connectivity index (χ4n) is 5.62. The maximum absolute atomic E-state index is 16.5. The van der Waals surface area contributed by atoms with Crippen molar-refractivity contribution in [2.45, 2.75) is 43.4 Å². The second kappa shape index (κ2) is 8.84. The van der Waals surface area contributed by atoms with Crippen molar-refractivity contribution in [2.75, 3.05) is 37.4 Å². The molecule has 38 heavy (non-hydrogen) atoms. The van der Waals surface area contributed by atoms with Gasteiger partial charge < -0.3 is 25.4 Å². The molecule has 12 heteroatoms. The second-order valence-corrected chi connectivity index (χ2v) is 11.8. The molecule has 3 fully saturated rings. The molecule has 1 saturated carbocycles. The van der Waals surface area contributed by atoms with Crippen molar-refractivity contribution in [3.05, 3.63) is 34.9 Å². The van der Waals surface area contributed by atoms with E-state index in [0.29, 0.717) is 28.9 Å². The summed E-state index contributed by atoms with van der Waals surface area (Å²) in [4.78, 5) is 15.7. The first-order chi connectivity index (χ1) is 18.3. The second-order valence-electron chi connectivity index (χ2n) is 10.3. The van der Waals surface area contributed by atoms with E-state index in [2.05, 4.69) is 20.2 Å². The molecule has 2 saturated heterocycles. The average Bonchev–Trinajstić information content (AvgIpc) is 3.46. The first-order valence-electron chi connectivity index (χ1n) is 12.6. The smallest absolute Gasteiger partial charge is 0.319 e. The summed E-state index contributed by atoms with van der Waals surface area (Å²) in [7, 11) is 1.65. The van der Waals surface area contributed by atoms with Gasteiger partial charge in [0.2, 0.25) is 0 Å². The molecular weight excluding hydrogens is 534 g/mol. The molecule has 2 bridgehead atoms. The van der Waals surface area contributed by atoms with Gasteiger partial charge in [-0.3, -0.25) is 0 Å². The molecule has 2 aromatic heterocycles. The zero-order valence-corrected chi connectivity index (χ0v) is 22.1. The molecule has 7 rings (SSSR count). The van der Waals surface area contributed by atoms with Crippen molar-refractivity contribution in [1.82, 2.24) is 20.3 Å². The van der Waals surface area contributed by atoms with Crippen LogP contribution in [0.5, 0.6) is 6.01 Å². The van der Waals surface area contributed by atoms with E-state index >= 15 is 4.39 Å². The van der Waals surface area contributed by atoms with Gasteiger partial charge in [-0.05, 0) is 43.9 Å². The molecule has 0 radical (unpaired) electrons. The molecular formula is C26H25ClF2N6O2S. The molecule has 3 aliphatic rings. The average molecular weight is 559 g/mol. The van der Waals surface area contributed by atoms with Crippen molar-refractivity contribution < 1.29 is 18.3 Å². The number of nitrogens with one attached hydrogen (secondary N) is 1. The summed E-state index contributed by atoms with van der Waals surface area (Å²) in [6.07, 6.45) is 3.94. The van der Waals surface area contributed by atoms with E-state index in [1.54, 1.807) is 13.2 Å². The largest absolute Gasteiger partial charge is 0.460 e. The maximum Gasteiger partial charge on any atom is 0.319 e. The SMILES string of the molecule is COC1(COc2nc(N3CC4CCC(C3)N4)c3cc(Cl)c(-c4ccc(F)c5sc(N)nc45)c(F)c3n2)CC1. The number of nitrogen functional groups attached to an aromatic ring is 1. The number of nitrogens with two attached hydrogens (primary N) is 1. The number of fused-ring (bicyclic) bond motifs is 4. The Morgan fingerprint density at radius 1 is 1.16 bits per heavy atom. The molecule has 3 N–H and O–H groups in total. The Labute approximate surface area is 226 Å². The summed E-state index contributed by atoms with van der Waals surface area (Å²) in [5.74, 6) is -0.539. The number of methoxy groups -OCH3 is 1. The fraction of sp³-hybridized carbons (Fsp3) is 0.423. The Hall–Kier alpha value is -2.86. The molecule has 0 spiro atoms. The van der Waals surface area contributed by atoms with Gasteiger partial charge in [-0.25, -0.2) is 13.8 Å². The lowest BCUT2D eigenvalue weighted by Crippen LogP contribution is -2.51. The molecule has 2 aromatic carbocycles. The molecule has 2 unspecified atom stereocenters. The van der Waals surface area contributed by atoms with Gasteiger partial charge >= 0.3 is 6.01 Å². The highest BCUT2D eigenvalue weighted by atomic mass is 35.5.